The zero-order valence-corrected chi connectivity index (χ0v) is 12.0. The van der Waals surface area contributed by atoms with Crippen molar-refractivity contribution in [2.24, 2.45) is 0 Å². The topological polar surface area (TPSA) is 64.1 Å². The highest BCUT2D eigenvalue weighted by atomic mass is 35.5. The summed E-state index contributed by atoms with van der Waals surface area (Å²) in [6.07, 6.45) is 0. The van der Waals surface area contributed by atoms with E-state index in [4.69, 9.17) is 16.3 Å². The average molecular weight is 298 g/mol. The molecule has 0 fully saturated rings. The van der Waals surface area contributed by atoms with Gasteiger partial charge in [-0.3, -0.25) is 4.79 Å². The quantitative estimate of drug-likeness (QED) is 0.942. The molecule has 1 N–H and O–H groups in total. The molecular weight excluding hydrogens is 286 g/mol. The third-order valence-corrected chi connectivity index (χ3v) is 3.57. The maximum atomic E-state index is 11.9. The summed E-state index contributed by atoms with van der Waals surface area (Å²) in [5.74, 6) is 0.424. The molecule has 1 aromatic carbocycles. The molecule has 0 radical (unpaired) electrons. The lowest BCUT2D eigenvalue weighted by atomic mass is 10.1. The molecule has 1 aromatic heterocycles. The van der Waals surface area contributed by atoms with Gasteiger partial charge in [-0.05, 0) is 24.6 Å². The Morgan fingerprint density at radius 1 is 1.42 bits per heavy atom. The van der Waals surface area contributed by atoms with Crippen molar-refractivity contribution in [1.29, 1.82) is 0 Å². The molecule has 1 amide bonds. The summed E-state index contributed by atoms with van der Waals surface area (Å²) in [5.41, 5.74) is 0.897. The Kier molecular flexibility index (Phi) is 4.34. The van der Waals surface area contributed by atoms with Gasteiger partial charge in [-0.1, -0.05) is 29.5 Å². The molecule has 1 unspecified atom stereocenters. The second-order valence-electron chi connectivity index (χ2n) is 3.80. The Balaban J connectivity index is 2.12. The molecule has 5 nitrogen and oxygen atoms in total. The predicted octanol–water partition coefficient (Wildman–Crippen LogP) is 2.69. The van der Waals surface area contributed by atoms with Gasteiger partial charge in [-0.25, -0.2) is 0 Å². The lowest BCUT2D eigenvalue weighted by Gasteiger charge is -2.16. The minimum absolute atomic E-state index is 0.202. The summed E-state index contributed by atoms with van der Waals surface area (Å²) in [4.78, 5) is 11.9. The normalized spacial score (nSPS) is 11.9. The zero-order chi connectivity index (χ0) is 13.8. The number of ether oxygens (including phenoxy) is 1. The van der Waals surface area contributed by atoms with Crippen molar-refractivity contribution in [3.8, 4) is 5.75 Å². The highest BCUT2D eigenvalue weighted by Crippen LogP contribution is 2.25. The molecule has 1 atom stereocenters. The van der Waals surface area contributed by atoms with E-state index in [0.29, 0.717) is 0 Å². The van der Waals surface area contributed by atoms with Crippen LogP contribution < -0.4 is 10.1 Å². The lowest BCUT2D eigenvalue weighted by molar-refractivity contribution is 0.0938. The minimum Gasteiger partial charge on any atom is -0.496 e. The fourth-order valence-corrected chi connectivity index (χ4v) is 2.39. The number of halogens is 1. The molecule has 0 aliphatic carbocycles. The van der Waals surface area contributed by atoms with E-state index in [1.54, 1.807) is 7.11 Å². The van der Waals surface area contributed by atoms with Crippen molar-refractivity contribution in [3.05, 3.63) is 39.3 Å². The molecule has 2 aromatic rings. The van der Waals surface area contributed by atoms with Crippen LogP contribution in [0, 0.1) is 0 Å². The molecule has 0 aliphatic heterocycles. The van der Waals surface area contributed by atoms with Crippen molar-refractivity contribution >= 4 is 28.8 Å². The number of carbonyl (C=O) groups is 1. The number of carbonyl (C=O) groups excluding carboxylic acids is 1. The Morgan fingerprint density at radius 3 is 2.79 bits per heavy atom. The summed E-state index contributed by atoms with van der Waals surface area (Å²) >= 11 is 6.69. The van der Waals surface area contributed by atoms with Gasteiger partial charge in [0.15, 0.2) is 0 Å². The first-order chi connectivity index (χ1) is 9.11. The van der Waals surface area contributed by atoms with E-state index in [-0.39, 0.29) is 21.4 Å². The summed E-state index contributed by atoms with van der Waals surface area (Å²) in [6, 6.07) is 7.31. The summed E-state index contributed by atoms with van der Waals surface area (Å²) in [7, 11) is 1.60. The maximum absolute atomic E-state index is 11.9. The van der Waals surface area contributed by atoms with Crippen molar-refractivity contribution in [2.45, 2.75) is 13.0 Å². The number of amides is 1. The van der Waals surface area contributed by atoms with E-state index in [0.717, 1.165) is 22.6 Å². The molecule has 2 rings (SSSR count). The highest BCUT2D eigenvalue weighted by Gasteiger charge is 2.17. The van der Waals surface area contributed by atoms with Crippen LogP contribution in [0.25, 0.3) is 0 Å². The van der Waals surface area contributed by atoms with Gasteiger partial charge in [0, 0.05) is 5.56 Å². The average Bonchev–Trinajstić information content (AvgIpc) is 2.85. The number of methoxy groups -OCH3 is 1. The summed E-state index contributed by atoms with van der Waals surface area (Å²) < 4.78 is 5.51. The second-order valence-corrected chi connectivity index (χ2v) is 5.36. The van der Waals surface area contributed by atoms with Crippen LogP contribution in [0.4, 0.5) is 0 Å². The van der Waals surface area contributed by atoms with Gasteiger partial charge < -0.3 is 10.1 Å². The van der Waals surface area contributed by atoms with Crippen LogP contribution >= 0.6 is 22.9 Å². The van der Waals surface area contributed by atoms with Crippen LogP contribution in [0.3, 0.4) is 0 Å². The smallest absolute Gasteiger partial charge is 0.282 e. The summed E-state index contributed by atoms with van der Waals surface area (Å²) in [5, 5.41) is 10.4. The number of rotatable bonds is 4. The molecule has 19 heavy (non-hydrogen) atoms. The van der Waals surface area contributed by atoms with Crippen LogP contribution in [0.2, 0.25) is 4.47 Å². The van der Waals surface area contributed by atoms with Crippen molar-refractivity contribution in [1.82, 2.24) is 15.5 Å². The summed E-state index contributed by atoms with van der Waals surface area (Å²) in [6.45, 7) is 1.87. The van der Waals surface area contributed by atoms with Gasteiger partial charge in [0.25, 0.3) is 5.91 Å². The molecule has 0 saturated heterocycles. The Morgan fingerprint density at radius 2 is 2.16 bits per heavy atom. The molecule has 7 heteroatoms. The number of aromatic nitrogens is 2. The highest BCUT2D eigenvalue weighted by molar-refractivity contribution is 7.17. The van der Waals surface area contributed by atoms with Gasteiger partial charge >= 0.3 is 0 Å². The number of benzene rings is 1. The molecule has 0 bridgehead atoms. The lowest BCUT2D eigenvalue weighted by Crippen LogP contribution is -2.26. The molecule has 0 spiro atoms. The molecule has 100 valence electrons. The fraction of sp³-hybridized carbons (Fsp3) is 0.250. The van der Waals surface area contributed by atoms with Crippen LogP contribution in [-0.4, -0.2) is 23.2 Å². The number of nitrogens with zero attached hydrogens (tertiary/aromatic N) is 2. The monoisotopic (exact) mass is 297 g/mol. The van der Waals surface area contributed by atoms with E-state index in [1.165, 1.54) is 0 Å². The van der Waals surface area contributed by atoms with Gasteiger partial charge in [-0.15, -0.1) is 10.2 Å². The number of hydrogen-bond acceptors (Lipinski definition) is 5. The standard InChI is InChI=1S/C12H12ClN3O2S/c1-7(8-5-3-4-6-9(8)18-2)14-10(17)11-15-16-12(13)19-11/h3-7H,1-2H3,(H,14,17). The first-order valence-electron chi connectivity index (χ1n) is 5.54. The second kappa shape index (κ2) is 5.99. The largest absolute Gasteiger partial charge is 0.496 e. The van der Waals surface area contributed by atoms with E-state index in [2.05, 4.69) is 15.5 Å². The third kappa shape index (κ3) is 3.21. The zero-order valence-electron chi connectivity index (χ0n) is 10.4. The Hall–Kier alpha value is -1.66. The molecular formula is C12H12ClN3O2S. The van der Waals surface area contributed by atoms with E-state index < -0.39 is 0 Å². The van der Waals surface area contributed by atoms with Gasteiger partial charge in [0.05, 0.1) is 13.2 Å². The number of nitrogens with one attached hydrogen (secondary N) is 1. The van der Waals surface area contributed by atoms with Gasteiger partial charge in [-0.2, -0.15) is 0 Å². The van der Waals surface area contributed by atoms with Gasteiger partial charge in [0.2, 0.25) is 9.47 Å². The SMILES string of the molecule is COc1ccccc1C(C)NC(=O)c1nnc(Cl)s1. The molecule has 1 heterocycles. The number of para-hydroxylation sites is 1. The van der Waals surface area contributed by atoms with Gasteiger partial charge in [0.1, 0.15) is 5.75 Å². The van der Waals surface area contributed by atoms with Crippen molar-refractivity contribution in [3.63, 3.8) is 0 Å². The minimum atomic E-state index is -0.303. The first kappa shape index (κ1) is 13.8. The maximum Gasteiger partial charge on any atom is 0.282 e. The molecule has 0 aliphatic rings. The van der Waals surface area contributed by atoms with Crippen LogP contribution in [0.15, 0.2) is 24.3 Å². The van der Waals surface area contributed by atoms with Crippen LogP contribution in [-0.2, 0) is 0 Å². The van der Waals surface area contributed by atoms with Crippen molar-refractivity contribution < 1.29 is 9.53 Å². The first-order valence-corrected chi connectivity index (χ1v) is 6.74. The Labute approximate surface area is 119 Å². The van der Waals surface area contributed by atoms with Crippen molar-refractivity contribution in [2.75, 3.05) is 7.11 Å². The fourth-order valence-electron chi connectivity index (χ4n) is 1.66. The van der Waals surface area contributed by atoms with Crippen LogP contribution in [0.1, 0.15) is 28.3 Å². The Bertz CT molecular complexity index is 588. The van der Waals surface area contributed by atoms with E-state index in [9.17, 15) is 4.79 Å². The molecule has 0 saturated carbocycles. The van der Waals surface area contributed by atoms with Crippen LogP contribution in [0.5, 0.6) is 5.75 Å². The van der Waals surface area contributed by atoms with E-state index >= 15 is 0 Å². The predicted molar refractivity (Wildman–Crippen MR) is 73.8 cm³/mol. The van der Waals surface area contributed by atoms with E-state index in [1.807, 2.05) is 31.2 Å². The number of hydrogen-bond donors (Lipinski definition) is 1. The third-order valence-electron chi connectivity index (χ3n) is 2.55.